The first-order chi connectivity index (χ1) is 13.3. The number of aryl methyl sites for hydroxylation is 1. The normalized spacial score (nSPS) is 35.3. The summed E-state index contributed by atoms with van der Waals surface area (Å²) < 4.78 is 0. The number of carbonyl (C=O) groups excluding carboxylic acids is 1. The van der Waals surface area contributed by atoms with Gasteiger partial charge in [0.2, 0.25) is 0 Å². The average molecular weight is 367 g/mol. The Morgan fingerprint density at radius 1 is 1.11 bits per heavy atom. The molecule has 5 nitrogen and oxygen atoms in total. The highest BCUT2D eigenvalue weighted by Crippen LogP contribution is 2.45. The van der Waals surface area contributed by atoms with Gasteiger partial charge in [-0.25, -0.2) is 0 Å². The minimum absolute atomic E-state index is 0.184. The summed E-state index contributed by atoms with van der Waals surface area (Å²) in [6.07, 6.45) is 13.5. The van der Waals surface area contributed by atoms with E-state index in [1.807, 2.05) is 0 Å². The summed E-state index contributed by atoms with van der Waals surface area (Å²) >= 11 is 0. The van der Waals surface area contributed by atoms with Gasteiger partial charge in [0.25, 0.3) is 5.91 Å². The van der Waals surface area contributed by atoms with Gasteiger partial charge in [-0.15, -0.1) is 0 Å². The molecule has 0 radical (unpaired) electrons. The van der Waals surface area contributed by atoms with E-state index >= 15 is 0 Å². The van der Waals surface area contributed by atoms with E-state index in [1.54, 1.807) is 5.57 Å². The number of amides is 1. The third-order valence-corrected chi connectivity index (χ3v) is 7.93. The number of nitrogens with zero attached hydrogens (tertiary/aromatic N) is 3. The van der Waals surface area contributed by atoms with E-state index in [1.165, 1.54) is 56.5 Å². The molecule has 3 fully saturated rings. The van der Waals surface area contributed by atoms with E-state index in [9.17, 15) is 4.79 Å². The van der Waals surface area contributed by atoms with Crippen LogP contribution in [0.25, 0.3) is 0 Å². The molecule has 1 aromatic rings. The summed E-state index contributed by atoms with van der Waals surface area (Å²) in [5.74, 6) is 1.52. The van der Waals surface area contributed by atoms with Crippen LogP contribution in [0.2, 0.25) is 0 Å². The van der Waals surface area contributed by atoms with Crippen molar-refractivity contribution < 1.29 is 4.79 Å². The third kappa shape index (κ3) is 2.47. The molecule has 0 saturated carbocycles. The Bertz CT molecular complexity index is 796. The van der Waals surface area contributed by atoms with Crippen molar-refractivity contribution in [3.8, 4) is 0 Å². The molecule has 2 aliphatic carbocycles. The number of fused-ring (bicyclic) bond motifs is 7. The molecule has 5 aliphatic rings. The van der Waals surface area contributed by atoms with Gasteiger partial charge in [0.05, 0.1) is 6.04 Å². The molecular weight excluding hydrogens is 336 g/mol. The van der Waals surface area contributed by atoms with Crippen molar-refractivity contribution >= 4 is 5.91 Å². The second kappa shape index (κ2) is 6.20. The Kier molecular flexibility index (Phi) is 3.75. The van der Waals surface area contributed by atoms with Gasteiger partial charge < -0.3 is 4.90 Å². The van der Waals surface area contributed by atoms with Crippen LogP contribution in [-0.4, -0.2) is 57.6 Å². The molecule has 0 spiro atoms. The maximum atomic E-state index is 13.5. The van der Waals surface area contributed by atoms with Crippen molar-refractivity contribution in [2.75, 3.05) is 19.6 Å². The first-order valence-corrected chi connectivity index (χ1v) is 11.1. The standard InChI is InChI=1S/C22H30N4O/c27-22(20-17-6-3-7-18(17)23-24-20)26-10-4-5-14-11-15-12-16(21(14)26)13-25-9-2-1-8-19(15)25/h11,15-16,19,21H,1-10,12-13H2,(H,23,24)/t15-,16-,19-,21-/m0/s1. The molecule has 3 aliphatic heterocycles. The number of H-pyrrole nitrogens is 1. The highest BCUT2D eigenvalue weighted by atomic mass is 16.2. The maximum absolute atomic E-state index is 13.5. The number of nitrogens with one attached hydrogen (secondary N) is 1. The highest BCUT2D eigenvalue weighted by molar-refractivity contribution is 5.94. The molecule has 0 aromatic carbocycles. The van der Waals surface area contributed by atoms with Gasteiger partial charge in [0, 0.05) is 30.4 Å². The molecule has 0 unspecified atom stereocenters. The first kappa shape index (κ1) is 16.3. The summed E-state index contributed by atoms with van der Waals surface area (Å²) in [5, 5.41) is 7.59. The minimum atomic E-state index is 0.184. The van der Waals surface area contributed by atoms with E-state index in [0.717, 1.165) is 49.9 Å². The van der Waals surface area contributed by atoms with Crippen LogP contribution in [0.15, 0.2) is 11.6 Å². The van der Waals surface area contributed by atoms with E-state index in [4.69, 9.17) is 0 Å². The molecule has 3 saturated heterocycles. The number of likely N-dealkylation sites (tertiary alicyclic amines) is 1. The fraction of sp³-hybridized carbons (Fsp3) is 0.727. The Morgan fingerprint density at radius 3 is 3.04 bits per heavy atom. The molecule has 4 heterocycles. The second-order valence-electron chi connectivity index (χ2n) is 9.39. The molecule has 6 rings (SSSR count). The average Bonchev–Trinajstić information content (AvgIpc) is 3.31. The molecule has 1 amide bonds. The largest absolute Gasteiger partial charge is 0.330 e. The van der Waals surface area contributed by atoms with Gasteiger partial charge in [-0.2, -0.15) is 5.10 Å². The van der Waals surface area contributed by atoms with Crippen molar-refractivity contribution in [3.63, 3.8) is 0 Å². The van der Waals surface area contributed by atoms with Crippen LogP contribution in [0.4, 0.5) is 0 Å². The predicted octanol–water partition coefficient (Wildman–Crippen LogP) is 2.93. The zero-order chi connectivity index (χ0) is 18.0. The molecule has 5 heteroatoms. The summed E-state index contributed by atoms with van der Waals surface area (Å²) in [6, 6.07) is 1.09. The van der Waals surface area contributed by atoms with Gasteiger partial charge >= 0.3 is 0 Å². The molecule has 27 heavy (non-hydrogen) atoms. The number of aromatic nitrogens is 2. The van der Waals surface area contributed by atoms with Gasteiger partial charge in [-0.1, -0.05) is 18.1 Å². The minimum Gasteiger partial charge on any atom is -0.330 e. The predicted molar refractivity (Wildman–Crippen MR) is 104 cm³/mol. The number of rotatable bonds is 1. The second-order valence-corrected chi connectivity index (χ2v) is 9.39. The Hall–Kier alpha value is -1.62. The van der Waals surface area contributed by atoms with Crippen LogP contribution < -0.4 is 0 Å². The molecule has 1 aromatic heterocycles. The third-order valence-electron chi connectivity index (χ3n) is 7.93. The van der Waals surface area contributed by atoms with E-state index in [-0.39, 0.29) is 5.91 Å². The lowest BCUT2D eigenvalue weighted by molar-refractivity contribution is 0.00128. The van der Waals surface area contributed by atoms with Crippen LogP contribution in [0.1, 0.15) is 66.7 Å². The molecular formula is C22H30N4O. The maximum Gasteiger partial charge on any atom is 0.275 e. The number of piperidine rings is 3. The summed E-state index contributed by atoms with van der Waals surface area (Å²) in [5.41, 5.74) is 4.68. The molecule has 4 atom stereocenters. The van der Waals surface area contributed by atoms with Crippen LogP contribution in [0.3, 0.4) is 0 Å². The Morgan fingerprint density at radius 2 is 2.07 bits per heavy atom. The number of carbonyl (C=O) groups is 1. The quantitative estimate of drug-likeness (QED) is 0.778. The van der Waals surface area contributed by atoms with Crippen molar-refractivity contribution in [1.29, 1.82) is 0 Å². The van der Waals surface area contributed by atoms with Gasteiger partial charge in [0.1, 0.15) is 0 Å². The van der Waals surface area contributed by atoms with Crippen molar-refractivity contribution in [2.45, 2.75) is 69.9 Å². The van der Waals surface area contributed by atoms with Crippen LogP contribution in [0, 0.1) is 11.8 Å². The van der Waals surface area contributed by atoms with Gasteiger partial charge in [-0.05, 0) is 69.7 Å². The van der Waals surface area contributed by atoms with Crippen molar-refractivity contribution in [1.82, 2.24) is 20.0 Å². The fourth-order valence-electron chi connectivity index (χ4n) is 6.83. The van der Waals surface area contributed by atoms with Crippen LogP contribution in [-0.2, 0) is 12.8 Å². The monoisotopic (exact) mass is 366 g/mol. The SMILES string of the molecule is O=C(c1n[nH]c2c1CCC2)N1CCCC2=C[C@H]3C[C@@H](CN4CCCC[C@@H]34)[C@H]21. The fourth-order valence-corrected chi connectivity index (χ4v) is 6.83. The first-order valence-electron chi connectivity index (χ1n) is 11.1. The molecule has 2 bridgehead atoms. The number of hydrogen-bond donors (Lipinski definition) is 1. The number of hydrogen-bond acceptors (Lipinski definition) is 3. The Balaban J connectivity index is 1.33. The van der Waals surface area contributed by atoms with Crippen LogP contribution in [0.5, 0.6) is 0 Å². The number of aromatic amines is 1. The van der Waals surface area contributed by atoms with Crippen molar-refractivity contribution in [2.24, 2.45) is 11.8 Å². The lowest BCUT2D eigenvalue weighted by Gasteiger charge is -2.54. The smallest absolute Gasteiger partial charge is 0.275 e. The van der Waals surface area contributed by atoms with E-state index in [2.05, 4.69) is 26.1 Å². The van der Waals surface area contributed by atoms with E-state index in [0.29, 0.717) is 12.0 Å². The highest BCUT2D eigenvalue weighted by Gasteiger charge is 2.47. The zero-order valence-corrected chi connectivity index (χ0v) is 16.1. The molecule has 144 valence electrons. The summed E-state index contributed by atoms with van der Waals surface area (Å²) in [7, 11) is 0. The van der Waals surface area contributed by atoms with E-state index < -0.39 is 0 Å². The lowest BCUT2D eigenvalue weighted by atomic mass is 9.68. The zero-order valence-electron chi connectivity index (χ0n) is 16.1. The topological polar surface area (TPSA) is 52.2 Å². The molecule has 1 N–H and O–H groups in total. The van der Waals surface area contributed by atoms with Gasteiger partial charge in [-0.3, -0.25) is 14.8 Å². The summed E-state index contributed by atoms with van der Waals surface area (Å²) in [4.78, 5) is 18.5. The van der Waals surface area contributed by atoms with Crippen LogP contribution >= 0.6 is 0 Å². The van der Waals surface area contributed by atoms with Gasteiger partial charge in [0.15, 0.2) is 5.69 Å². The van der Waals surface area contributed by atoms with Crippen molar-refractivity contribution in [3.05, 3.63) is 28.6 Å². The Labute approximate surface area is 161 Å². The lowest BCUT2D eigenvalue weighted by Crippen LogP contribution is -2.60. The summed E-state index contributed by atoms with van der Waals surface area (Å²) in [6.45, 7) is 3.34.